The molecule has 1 N–H and O–H groups in total. The van der Waals surface area contributed by atoms with Gasteiger partial charge in [-0.15, -0.1) is 0 Å². The fraction of sp³-hybridized carbons (Fsp3) is 0.529. The molecule has 5 nitrogen and oxygen atoms in total. The lowest BCUT2D eigenvalue weighted by Gasteiger charge is -2.40. The molecule has 0 amide bonds. The smallest absolute Gasteiger partial charge is 0.180 e. The highest BCUT2D eigenvalue weighted by atomic mass is 16.5. The van der Waals surface area contributed by atoms with Gasteiger partial charge in [0.25, 0.3) is 0 Å². The Morgan fingerprint density at radius 1 is 1.32 bits per heavy atom. The molecule has 1 aliphatic heterocycles. The zero-order valence-electron chi connectivity index (χ0n) is 13.0. The maximum absolute atomic E-state index is 5.90. The first-order valence-electron chi connectivity index (χ1n) is 8.13. The van der Waals surface area contributed by atoms with Crippen LogP contribution in [0.5, 0.6) is 0 Å². The highest BCUT2D eigenvalue weighted by Crippen LogP contribution is 2.36. The van der Waals surface area contributed by atoms with Crippen molar-refractivity contribution in [1.82, 2.24) is 20.1 Å². The minimum absolute atomic E-state index is 0.0206. The summed E-state index contributed by atoms with van der Waals surface area (Å²) in [5.74, 6) is 1.63. The van der Waals surface area contributed by atoms with E-state index in [2.05, 4.69) is 44.3 Å². The van der Waals surface area contributed by atoms with E-state index in [1.165, 1.54) is 30.4 Å². The second-order valence-electron chi connectivity index (χ2n) is 6.24. The van der Waals surface area contributed by atoms with E-state index in [4.69, 9.17) is 4.74 Å². The summed E-state index contributed by atoms with van der Waals surface area (Å²) in [6.07, 6.45) is 3.69. The van der Waals surface area contributed by atoms with Gasteiger partial charge in [-0.3, -0.25) is 10.00 Å². The van der Waals surface area contributed by atoms with E-state index in [-0.39, 0.29) is 6.10 Å². The summed E-state index contributed by atoms with van der Waals surface area (Å²) in [6, 6.07) is 9.39. The fourth-order valence-electron chi connectivity index (χ4n) is 3.72. The molecule has 1 aliphatic carbocycles. The number of nitrogens with zero attached hydrogens (tertiary/aromatic N) is 3. The Bertz CT molecular complexity index is 654. The van der Waals surface area contributed by atoms with Gasteiger partial charge >= 0.3 is 0 Å². The van der Waals surface area contributed by atoms with Crippen LogP contribution in [0, 0.1) is 6.92 Å². The van der Waals surface area contributed by atoms with Crippen LogP contribution in [-0.4, -0.2) is 39.8 Å². The zero-order valence-corrected chi connectivity index (χ0v) is 13.0. The number of H-pyrrole nitrogens is 1. The normalized spacial score (nSPS) is 25.9. The van der Waals surface area contributed by atoms with Crippen molar-refractivity contribution >= 4 is 0 Å². The molecule has 116 valence electrons. The number of fused-ring (bicyclic) bond motifs is 1. The van der Waals surface area contributed by atoms with Crippen LogP contribution in [0.2, 0.25) is 0 Å². The first kappa shape index (κ1) is 13.9. The van der Waals surface area contributed by atoms with Crippen LogP contribution in [-0.2, 0) is 11.2 Å². The molecule has 0 spiro atoms. The second kappa shape index (κ2) is 5.82. The van der Waals surface area contributed by atoms with Crippen LogP contribution < -0.4 is 0 Å². The summed E-state index contributed by atoms with van der Waals surface area (Å²) < 4.78 is 5.90. The second-order valence-corrected chi connectivity index (χ2v) is 6.24. The van der Waals surface area contributed by atoms with E-state index in [1.54, 1.807) is 0 Å². The molecule has 5 heteroatoms. The minimum atomic E-state index is -0.0206. The van der Waals surface area contributed by atoms with Crippen LogP contribution in [0.4, 0.5) is 0 Å². The Morgan fingerprint density at radius 3 is 3.09 bits per heavy atom. The molecule has 0 unspecified atom stereocenters. The number of hydrogen-bond donors (Lipinski definition) is 1. The van der Waals surface area contributed by atoms with E-state index in [0.29, 0.717) is 6.04 Å². The van der Waals surface area contributed by atoms with Gasteiger partial charge in [0.2, 0.25) is 0 Å². The number of hydrogen-bond acceptors (Lipinski definition) is 4. The van der Waals surface area contributed by atoms with Crippen LogP contribution in [0.3, 0.4) is 0 Å². The predicted molar refractivity (Wildman–Crippen MR) is 83.5 cm³/mol. The number of rotatable bonds is 2. The van der Waals surface area contributed by atoms with Gasteiger partial charge in [-0.05, 0) is 37.3 Å². The SMILES string of the molecule is Cc1nc([C@@H]2CN([C@@H]3CCCc4ccccc43)CCO2)n[nH]1. The third-order valence-corrected chi connectivity index (χ3v) is 4.78. The predicted octanol–water partition coefficient (Wildman–Crippen LogP) is 2.56. The fourth-order valence-corrected chi connectivity index (χ4v) is 3.72. The summed E-state index contributed by atoms with van der Waals surface area (Å²) in [4.78, 5) is 6.99. The standard InChI is InChI=1S/C17H22N4O/c1-12-18-17(20-19-12)16-11-21(9-10-22-16)15-8-4-6-13-5-2-3-7-14(13)15/h2-3,5,7,15-16H,4,6,8-11H2,1H3,(H,18,19,20)/t15-,16+/m1/s1. The topological polar surface area (TPSA) is 54.0 Å². The van der Waals surface area contributed by atoms with E-state index >= 15 is 0 Å². The number of aromatic amines is 1. The van der Waals surface area contributed by atoms with Gasteiger partial charge in [0.05, 0.1) is 6.61 Å². The van der Waals surface area contributed by atoms with Gasteiger partial charge in [0, 0.05) is 19.1 Å². The molecular formula is C17H22N4O. The Labute approximate surface area is 130 Å². The summed E-state index contributed by atoms with van der Waals surface area (Å²) in [5, 5.41) is 7.19. The average Bonchev–Trinajstić information content (AvgIpc) is 3.01. The van der Waals surface area contributed by atoms with Crippen molar-refractivity contribution < 1.29 is 4.74 Å². The largest absolute Gasteiger partial charge is 0.367 e. The number of benzene rings is 1. The van der Waals surface area contributed by atoms with Crippen LogP contribution >= 0.6 is 0 Å². The van der Waals surface area contributed by atoms with Crippen LogP contribution in [0.1, 0.15) is 47.8 Å². The Kier molecular flexibility index (Phi) is 3.68. The first-order valence-corrected chi connectivity index (χ1v) is 8.13. The summed E-state index contributed by atoms with van der Waals surface area (Å²) in [7, 11) is 0. The van der Waals surface area contributed by atoms with Crippen molar-refractivity contribution in [2.75, 3.05) is 19.7 Å². The summed E-state index contributed by atoms with van der Waals surface area (Å²) in [5.41, 5.74) is 3.01. The van der Waals surface area contributed by atoms with E-state index < -0.39 is 0 Å². The summed E-state index contributed by atoms with van der Waals surface area (Å²) in [6.45, 7) is 4.53. The van der Waals surface area contributed by atoms with Crippen molar-refractivity contribution in [3.63, 3.8) is 0 Å². The Morgan fingerprint density at radius 2 is 2.23 bits per heavy atom. The van der Waals surface area contributed by atoms with Gasteiger partial charge in [-0.2, -0.15) is 5.10 Å². The maximum Gasteiger partial charge on any atom is 0.180 e. The number of morpholine rings is 1. The van der Waals surface area contributed by atoms with Gasteiger partial charge in [-0.25, -0.2) is 4.98 Å². The molecule has 0 radical (unpaired) electrons. The molecule has 2 atom stereocenters. The lowest BCUT2D eigenvalue weighted by Crippen LogP contribution is -2.42. The van der Waals surface area contributed by atoms with Gasteiger partial charge < -0.3 is 4.74 Å². The molecule has 1 aromatic heterocycles. The van der Waals surface area contributed by atoms with E-state index in [1.807, 2.05) is 6.92 Å². The molecule has 1 fully saturated rings. The number of ether oxygens (including phenoxy) is 1. The molecule has 1 aromatic carbocycles. The molecule has 22 heavy (non-hydrogen) atoms. The van der Waals surface area contributed by atoms with Gasteiger partial charge in [-0.1, -0.05) is 24.3 Å². The minimum Gasteiger partial charge on any atom is -0.367 e. The van der Waals surface area contributed by atoms with Crippen molar-refractivity contribution in [3.05, 3.63) is 47.0 Å². The van der Waals surface area contributed by atoms with Crippen LogP contribution in [0.25, 0.3) is 0 Å². The highest BCUT2D eigenvalue weighted by Gasteiger charge is 2.32. The monoisotopic (exact) mass is 298 g/mol. The average molecular weight is 298 g/mol. The van der Waals surface area contributed by atoms with Crippen LogP contribution in [0.15, 0.2) is 24.3 Å². The molecule has 0 saturated carbocycles. The molecule has 4 rings (SSSR count). The lowest BCUT2D eigenvalue weighted by molar-refractivity contribution is -0.0516. The molecule has 2 aliphatic rings. The van der Waals surface area contributed by atoms with Crippen molar-refractivity contribution in [1.29, 1.82) is 0 Å². The van der Waals surface area contributed by atoms with Crippen molar-refractivity contribution in [2.24, 2.45) is 0 Å². The van der Waals surface area contributed by atoms with E-state index in [9.17, 15) is 0 Å². The van der Waals surface area contributed by atoms with Gasteiger partial charge in [0.1, 0.15) is 11.9 Å². The molecule has 0 bridgehead atoms. The molecule has 1 saturated heterocycles. The lowest BCUT2D eigenvalue weighted by atomic mass is 9.86. The van der Waals surface area contributed by atoms with Crippen molar-refractivity contribution in [3.8, 4) is 0 Å². The third-order valence-electron chi connectivity index (χ3n) is 4.78. The van der Waals surface area contributed by atoms with E-state index in [0.717, 1.165) is 31.3 Å². The van der Waals surface area contributed by atoms with Gasteiger partial charge in [0.15, 0.2) is 5.82 Å². The number of aryl methyl sites for hydroxylation is 2. The Balaban J connectivity index is 1.56. The highest BCUT2D eigenvalue weighted by molar-refractivity contribution is 5.32. The number of aromatic nitrogens is 3. The third kappa shape index (κ3) is 2.55. The summed E-state index contributed by atoms with van der Waals surface area (Å²) >= 11 is 0. The first-order chi connectivity index (χ1) is 10.8. The molecule has 2 aromatic rings. The molecule has 2 heterocycles. The molecular weight excluding hydrogens is 276 g/mol. The zero-order chi connectivity index (χ0) is 14.9. The Hall–Kier alpha value is -1.72. The number of nitrogens with one attached hydrogen (secondary N) is 1. The quantitative estimate of drug-likeness (QED) is 0.926. The maximum atomic E-state index is 5.90. The van der Waals surface area contributed by atoms with Crippen molar-refractivity contribution in [2.45, 2.75) is 38.3 Å².